The number of carbonyl (C=O) groups is 1. The van der Waals surface area contributed by atoms with Crippen molar-refractivity contribution in [1.82, 2.24) is 0 Å². The number of halogens is 1. The highest BCUT2D eigenvalue weighted by Crippen LogP contribution is 2.33. The van der Waals surface area contributed by atoms with Gasteiger partial charge in [0.25, 0.3) is 5.69 Å². The molecule has 0 spiro atoms. The van der Waals surface area contributed by atoms with Gasteiger partial charge >= 0.3 is 5.97 Å². The molecule has 0 aliphatic carbocycles. The summed E-state index contributed by atoms with van der Waals surface area (Å²) in [4.78, 5) is 26.7. The zero-order chi connectivity index (χ0) is 20.5. The molecule has 1 aliphatic heterocycles. The molecule has 7 nitrogen and oxygen atoms in total. The molecule has 8 heteroatoms. The van der Waals surface area contributed by atoms with E-state index in [-0.39, 0.29) is 22.3 Å². The molecule has 0 saturated carbocycles. The number of hydrogen-bond donors (Lipinski definition) is 0. The van der Waals surface area contributed by atoms with Crippen molar-refractivity contribution in [2.75, 3.05) is 0 Å². The first-order valence-corrected chi connectivity index (χ1v) is 8.92. The van der Waals surface area contributed by atoms with Crippen LogP contribution in [-0.2, 0) is 9.53 Å². The first kappa shape index (κ1) is 18.6. The van der Waals surface area contributed by atoms with E-state index in [1.54, 1.807) is 12.1 Å². The number of aliphatic imine (C=N–C) groups is 1. The molecule has 0 bridgehead atoms. The fourth-order valence-corrected chi connectivity index (χ4v) is 3.02. The standard InChI is InChI=1S/C21H13ClN2O5/c1-12-2-4-13(5-3-12)20-23-18(21(25)29-20)11-15-7-9-19(28-15)16-8-6-14(24(26)27)10-17(16)22/h2-11H,1H3/b18-11-. The molecule has 144 valence electrons. The van der Waals surface area contributed by atoms with Gasteiger partial charge in [0, 0.05) is 29.3 Å². The Morgan fingerprint density at radius 3 is 2.55 bits per heavy atom. The summed E-state index contributed by atoms with van der Waals surface area (Å²) in [6.07, 6.45) is 1.46. The smallest absolute Gasteiger partial charge is 0.363 e. The van der Waals surface area contributed by atoms with E-state index in [1.165, 1.54) is 24.3 Å². The van der Waals surface area contributed by atoms with Crippen LogP contribution in [0.3, 0.4) is 0 Å². The van der Waals surface area contributed by atoms with Crippen LogP contribution in [0.1, 0.15) is 16.9 Å². The molecule has 0 N–H and O–H groups in total. The molecule has 0 saturated heterocycles. The van der Waals surface area contributed by atoms with Gasteiger partial charge in [-0.1, -0.05) is 29.3 Å². The minimum absolute atomic E-state index is 0.108. The molecule has 0 atom stereocenters. The normalized spacial score (nSPS) is 14.8. The number of carbonyl (C=O) groups excluding carboxylic acids is 1. The number of benzene rings is 2. The lowest BCUT2D eigenvalue weighted by atomic mass is 10.1. The summed E-state index contributed by atoms with van der Waals surface area (Å²) in [5.74, 6) is 0.430. The van der Waals surface area contributed by atoms with Crippen LogP contribution in [0, 0.1) is 17.0 Å². The number of non-ortho nitro benzene ring substituents is 1. The second-order valence-electron chi connectivity index (χ2n) is 6.33. The van der Waals surface area contributed by atoms with E-state index in [0.29, 0.717) is 22.6 Å². The third-order valence-electron chi connectivity index (χ3n) is 4.25. The molecule has 29 heavy (non-hydrogen) atoms. The highest BCUT2D eigenvalue weighted by molar-refractivity contribution is 6.33. The summed E-state index contributed by atoms with van der Waals surface area (Å²) in [7, 11) is 0. The molecule has 1 aliphatic rings. The molecule has 2 heterocycles. The van der Waals surface area contributed by atoms with Gasteiger partial charge in [-0.05, 0) is 37.3 Å². The van der Waals surface area contributed by atoms with Crippen LogP contribution in [0.5, 0.6) is 0 Å². The Labute approximate surface area is 170 Å². The summed E-state index contributed by atoms with van der Waals surface area (Å²) in [6, 6.07) is 14.9. The van der Waals surface area contributed by atoms with Crippen LogP contribution in [-0.4, -0.2) is 16.8 Å². The van der Waals surface area contributed by atoms with Gasteiger partial charge in [-0.2, -0.15) is 0 Å². The van der Waals surface area contributed by atoms with Crippen molar-refractivity contribution in [2.24, 2.45) is 4.99 Å². The zero-order valence-electron chi connectivity index (χ0n) is 15.1. The lowest BCUT2D eigenvalue weighted by Crippen LogP contribution is -2.05. The number of esters is 1. The Balaban J connectivity index is 1.61. The average molecular weight is 409 g/mol. The zero-order valence-corrected chi connectivity index (χ0v) is 15.8. The molecule has 0 radical (unpaired) electrons. The van der Waals surface area contributed by atoms with E-state index >= 15 is 0 Å². The van der Waals surface area contributed by atoms with Crippen molar-refractivity contribution in [1.29, 1.82) is 0 Å². The quantitative estimate of drug-likeness (QED) is 0.257. The second kappa shape index (κ2) is 7.37. The van der Waals surface area contributed by atoms with Crippen LogP contribution in [0.2, 0.25) is 5.02 Å². The van der Waals surface area contributed by atoms with Gasteiger partial charge in [0.2, 0.25) is 5.90 Å². The average Bonchev–Trinajstić information content (AvgIpc) is 3.29. The molecule has 0 amide bonds. The molecular formula is C21H13ClN2O5. The maximum Gasteiger partial charge on any atom is 0.363 e. The number of nitro benzene ring substituents is 1. The molecule has 3 aromatic rings. The minimum atomic E-state index is -0.577. The van der Waals surface area contributed by atoms with Gasteiger partial charge in [0.05, 0.1) is 9.95 Å². The molecular weight excluding hydrogens is 396 g/mol. The molecule has 0 unspecified atom stereocenters. The number of aryl methyl sites for hydroxylation is 1. The van der Waals surface area contributed by atoms with Crippen LogP contribution in [0.4, 0.5) is 5.69 Å². The molecule has 1 aromatic heterocycles. The van der Waals surface area contributed by atoms with Gasteiger partial charge in [0.1, 0.15) is 11.5 Å². The van der Waals surface area contributed by atoms with E-state index in [0.717, 1.165) is 5.56 Å². The number of ether oxygens (including phenoxy) is 1. The van der Waals surface area contributed by atoms with E-state index in [9.17, 15) is 14.9 Å². The monoisotopic (exact) mass is 408 g/mol. The van der Waals surface area contributed by atoms with E-state index in [1.807, 2.05) is 31.2 Å². The highest BCUT2D eigenvalue weighted by Gasteiger charge is 2.24. The van der Waals surface area contributed by atoms with Gasteiger partial charge in [-0.15, -0.1) is 0 Å². The van der Waals surface area contributed by atoms with Crippen LogP contribution in [0.15, 0.2) is 69.7 Å². The first-order chi connectivity index (χ1) is 13.9. The fourth-order valence-electron chi connectivity index (χ4n) is 2.76. The van der Waals surface area contributed by atoms with Gasteiger partial charge < -0.3 is 9.15 Å². The summed E-state index contributed by atoms with van der Waals surface area (Å²) >= 11 is 6.13. The Morgan fingerprint density at radius 1 is 1.10 bits per heavy atom. The Morgan fingerprint density at radius 2 is 1.86 bits per heavy atom. The minimum Gasteiger partial charge on any atom is -0.457 e. The van der Waals surface area contributed by atoms with Gasteiger partial charge in [-0.25, -0.2) is 9.79 Å². The van der Waals surface area contributed by atoms with Crippen molar-refractivity contribution in [3.63, 3.8) is 0 Å². The first-order valence-electron chi connectivity index (χ1n) is 8.54. The fraction of sp³-hybridized carbons (Fsp3) is 0.0476. The van der Waals surface area contributed by atoms with Crippen molar-refractivity contribution in [2.45, 2.75) is 6.92 Å². The lowest BCUT2D eigenvalue weighted by Gasteiger charge is -2.00. The number of nitrogens with zero attached hydrogens (tertiary/aromatic N) is 2. The summed E-state index contributed by atoms with van der Waals surface area (Å²) in [5, 5.41) is 11.0. The van der Waals surface area contributed by atoms with Crippen molar-refractivity contribution in [3.8, 4) is 11.3 Å². The predicted octanol–water partition coefficient (Wildman–Crippen LogP) is 5.16. The SMILES string of the molecule is Cc1ccc(C2=N/C(=C\c3ccc(-c4ccc([N+](=O)[O-])cc4Cl)o3)C(=O)O2)cc1. The summed E-state index contributed by atoms with van der Waals surface area (Å²) in [6.45, 7) is 1.96. The Hall–Kier alpha value is -3.71. The van der Waals surface area contributed by atoms with Gasteiger partial charge in [-0.3, -0.25) is 10.1 Å². The number of rotatable bonds is 4. The molecule has 2 aromatic carbocycles. The summed E-state index contributed by atoms with van der Waals surface area (Å²) < 4.78 is 10.9. The maximum atomic E-state index is 12.1. The van der Waals surface area contributed by atoms with Crippen LogP contribution in [0.25, 0.3) is 17.4 Å². The van der Waals surface area contributed by atoms with Crippen molar-refractivity contribution < 1.29 is 18.9 Å². The molecule has 0 fully saturated rings. The third-order valence-corrected chi connectivity index (χ3v) is 4.57. The number of cyclic esters (lactones) is 1. The predicted molar refractivity (Wildman–Crippen MR) is 108 cm³/mol. The number of hydrogen-bond acceptors (Lipinski definition) is 6. The Bertz CT molecular complexity index is 1190. The highest BCUT2D eigenvalue weighted by atomic mass is 35.5. The van der Waals surface area contributed by atoms with E-state index in [4.69, 9.17) is 20.8 Å². The Kier molecular flexibility index (Phi) is 4.74. The summed E-state index contributed by atoms with van der Waals surface area (Å²) in [5.41, 5.74) is 2.28. The van der Waals surface area contributed by atoms with Crippen molar-refractivity contribution in [3.05, 3.63) is 92.3 Å². The van der Waals surface area contributed by atoms with Crippen molar-refractivity contribution >= 4 is 35.2 Å². The second-order valence-corrected chi connectivity index (χ2v) is 6.73. The van der Waals surface area contributed by atoms with Crippen LogP contribution < -0.4 is 0 Å². The van der Waals surface area contributed by atoms with Gasteiger partial charge in [0.15, 0.2) is 5.70 Å². The van der Waals surface area contributed by atoms with E-state index in [2.05, 4.69) is 4.99 Å². The number of nitro groups is 1. The number of furan rings is 1. The largest absolute Gasteiger partial charge is 0.457 e. The molecule has 4 rings (SSSR count). The lowest BCUT2D eigenvalue weighted by molar-refractivity contribution is -0.384. The topological polar surface area (TPSA) is 94.9 Å². The van der Waals surface area contributed by atoms with E-state index < -0.39 is 10.9 Å². The van der Waals surface area contributed by atoms with Crippen LogP contribution >= 0.6 is 11.6 Å². The third kappa shape index (κ3) is 3.81. The maximum absolute atomic E-state index is 12.1.